The van der Waals surface area contributed by atoms with Crippen molar-refractivity contribution in [3.8, 4) is 11.5 Å². The summed E-state index contributed by atoms with van der Waals surface area (Å²) in [5, 5.41) is 2.89. The number of carbonyl (C=O) groups excluding carboxylic acids is 2. The Kier molecular flexibility index (Phi) is 7.70. The van der Waals surface area contributed by atoms with Crippen LogP contribution in [0, 0.1) is 0 Å². The summed E-state index contributed by atoms with van der Waals surface area (Å²) in [6.45, 7) is 1.60. The smallest absolute Gasteiger partial charge is 0.331 e. The van der Waals surface area contributed by atoms with Crippen molar-refractivity contribution in [1.82, 2.24) is 5.32 Å². The van der Waals surface area contributed by atoms with Crippen molar-refractivity contribution in [2.45, 2.75) is 38.6 Å². The van der Waals surface area contributed by atoms with Crippen LogP contribution in [0.15, 0.2) is 42.5 Å². The summed E-state index contributed by atoms with van der Waals surface area (Å²) in [6.07, 6.45) is 7.55. The molecule has 1 aliphatic carbocycles. The van der Waals surface area contributed by atoms with Gasteiger partial charge in [-0.3, -0.25) is 4.79 Å². The lowest BCUT2D eigenvalue weighted by atomic mass is 9.89. The van der Waals surface area contributed by atoms with E-state index in [1.54, 1.807) is 38.5 Å². The molecule has 0 saturated heterocycles. The first-order valence-electron chi connectivity index (χ1n) is 10.5. The van der Waals surface area contributed by atoms with E-state index in [4.69, 9.17) is 14.2 Å². The molecule has 31 heavy (non-hydrogen) atoms. The second-order valence-corrected chi connectivity index (χ2v) is 7.58. The Morgan fingerprint density at radius 2 is 1.74 bits per heavy atom. The summed E-state index contributed by atoms with van der Waals surface area (Å²) in [5.74, 6) is 0.241. The number of fused-ring (bicyclic) bond motifs is 1. The van der Waals surface area contributed by atoms with Crippen molar-refractivity contribution >= 4 is 18.0 Å². The van der Waals surface area contributed by atoms with Crippen molar-refractivity contribution in [3.63, 3.8) is 0 Å². The lowest BCUT2D eigenvalue weighted by Crippen LogP contribution is -2.31. The number of ether oxygens (including phenoxy) is 3. The number of carbonyl (C=O) groups is 2. The third kappa shape index (κ3) is 6.10. The van der Waals surface area contributed by atoms with E-state index in [1.165, 1.54) is 30.0 Å². The summed E-state index contributed by atoms with van der Waals surface area (Å²) in [7, 11) is 3.10. The van der Waals surface area contributed by atoms with Crippen LogP contribution >= 0.6 is 0 Å². The molecule has 0 spiro atoms. The highest BCUT2D eigenvalue weighted by molar-refractivity contribution is 5.89. The Bertz CT molecular complexity index is 966. The molecule has 0 unspecified atom stereocenters. The van der Waals surface area contributed by atoms with Gasteiger partial charge >= 0.3 is 5.97 Å². The molecule has 164 valence electrons. The van der Waals surface area contributed by atoms with E-state index in [-0.39, 0.29) is 18.6 Å². The fourth-order valence-electron chi connectivity index (χ4n) is 3.69. The molecule has 0 fully saturated rings. The van der Waals surface area contributed by atoms with E-state index in [1.807, 2.05) is 6.92 Å². The number of nitrogens with one attached hydrogen (secondary N) is 1. The maximum Gasteiger partial charge on any atom is 0.331 e. The Labute approximate surface area is 183 Å². The van der Waals surface area contributed by atoms with Crippen LogP contribution in [0.5, 0.6) is 11.5 Å². The van der Waals surface area contributed by atoms with Gasteiger partial charge in [-0.2, -0.15) is 0 Å². The molecule has 2 aromatic carbocycles. The van der Waals surface area contributed by atoms with Gasteiger partial charge in [-0.05, 0) is 73.1 Å². The largest absolute Gasteiger partial charge is 0.493 e. The van der Waals surface area contributed by atoms with Gasteiger partial charge < -0.3 is 19.5 Å². The van der Waals surface area contributed by atoms with Gasteiger partial charge in [-0.1, -0.05) is 24.3 Å². The average molecular weight is 424 g/mol. The van der Waals surface area contributed by atoms with Crippen LogP contribution < -0.4 is 14.8 Å². The van der Waals surface area contributed by atoms with Crippen LogP contribution in [-0.2, 0) is 27.2 Å². The van der Waals surface area contributed by atoms with Crippen LogP contribution in [0.25, 0.3) is 6.08 Å². The van der Waals surface area contributed by atoms with E-state index < -0.39 is 5.97 Å². The molecule has 1 N–H and O–H groups in total. The van der Waals surface area contributed by atoms with Gasteiger partial charge in [0.05, 0.1) is 20.3 Å². The molecule has 0 heterocycles. The summed E-state index contributed by atoms with van der Waals surface area (Å²) in [6, 6.07) is 11.5. The van der Waals surface area contributed by atoms with Crippen molar-refractivity contribution < 1.29 is 23.8 Å². The fourth-order valence-corrected chi connectivity index (χ4v) is 3.69. The molecule has 0 bridgehead atoms. The van der Waals surface area contributed by atoms with Gasteiger partial charge in [0.25, 0.3) is 5.91 Å². The fraction of sp³-hybridized carbons (Fsp3) is 0.360. The van der Waals surface area contributed by atoms with Crippen LogP contribution in [0.1, 0.15) is 48.1 Å². The number of hydrogen-bond acceptors (Lipinski definition) is 5. The van der Waals surface area contributed by atoms with Crippen molar-refractivity contribution in [3.05, 3.63) is 64.7 Å². The number of esters is 1. The topological polar surface area (TPSA) is 73.9 Å². The molecule has 1 amide bonds. The zero-order chi connectivity index (χ0) is 22.2. The van der Waals surface area contributed by atoms with E-state index in [9.17, 15) is 9.59 Å². The SMILES string of the molecule is COc1ccc(/C=C/C(=O)OCC(=O)N[C@@H](C)c2ccc3c(c2)CCCC3)cc1OC. The highest BCUT2D eigenvalue weighted by Crippen LogP contribution is 2.28. The Balaban J connectivity index is 1.49. The molecule has 3 rings (SSSR count). The molecule has 0 aromatic heterocycles. The first kappa shape index (κ1) is 22.4. The lowest BCUT2D eigenvalue weighted by Gasteiger charge is -2.20. The first-order chi connectivity index (χ1) is 15.0. The minimum absolute atomic E-state index is 0.152. The van der Waals surface area contributed by atoms with Crippen molar-refractivity contribution in [2.24, 2.45) is 0 Å². The van der Waals surface area contributed by atoms with Crippen molar-refractivity contribution in [1.29, 1.82) is 0 Å². The maximum absolute atomic E-state index is 12.2. The molecular formula is C25H29NO5. The second-order valence-electron chi connectivity index (χ2n) is 7.58. The maximum atomic E-state index is 12.2. The molecule has 0 aliphatic heterocycles. The first-order valence-corrected chi connectivity index (χ1v) is 10.5. The third-order valence-electron chi connectivity index (χ3n) is 5.42. The normalized spacial score (nSPS) is 13.9. The zero-order valence-electron chi connectivity index (χ0n) is 18.3. The summed E-state index contributed by atoms with van der Waals surface area (Å²) in [4.78, 5) is 24.2. The predicted octanol–water partition coefficient (Wildman–Crippen LogP) is 4.02. The molecule has 0 radical (unpaired) electrons. The van der Waals surface area contributed by atoms with Gasteiger partial charge in [0.2, 0.25) is 0 Å². The summed E-state index contributed by atoms with van der Waals surface area (Å²) in [5.41, 5.74) is 4.59. The predicted molar refractivity (Wildman–Crippen MR) is 119 cm³/mol. The van der Waals surface area contributed by atoms with Gasteiger partial charge in [-0.15, -0.1) is 0 Å². The van der Waals surface area contributed by atoms with Gasteiger partial charge in [-0.25, -0.2) is 4.79 Å². The molecular weight excluding hydrogens is 394 g/mol. The van der Waals surface area contributed by atoms with Crippen LogP contribution in [0.2, 0.25) is 0 Å². The van der Waals surface area contributed by atoms with Crippen molar-refractivity contribution in [2.75, 3.05) is 20.8 Å². The quantitative estimate of drug-likeness (QED) is 0.513. The van der Waals surface area contributed by atoms with Crippen LogP contribution in [-0.4, -0.2) is 32.7 Å². The van der Waals surface area contributed by atoms with Gasteiger partial charge in [0, 0.05) is 6.08 Å². The van der Waals surface area contributed by atoms with E-state index in [0.717, 1.165) is 24.0 Å². The minimum Gasteiger partial charge on any atom is -0.493 e. The number of methoxy groups -OCH3 is 2. The molecule has 2 aromatic rings. The zero-order valence-corrected chi connectivity index (χ0v) is 18.3. The second kappa shape index (κ2) is 10.7. The van der Waals surface area contributed by atoms with E-state index >= 15 is 0 Å². The monoisotopic (exact) mass is 423 g/mol. The number of rotatable bonds is 8. The summed E-state index contributed by atoms with van der Waals surface area (Å²) < 4.78 is 15.5. The van der Waals surface area contributed by atoms with Crippen LogP contribution in [0.3, 0.4) is 0 Å². The number of aryl methyl sites for hydroxylation is 2. The van der Waals surface area contributed by atoms with Crippen LogP contribution in [0.4, 0.5) is 0 Å². The summed E-state index contributed by atoms with van der Waals surface area (Å²) >= 11 is 0. The molecule has 6 heteroatoms. The minimum atomic E-state index is -0.591. The van der Waals surface area contributed by atoms with Gasteiger partial charge in [0.1, 0.15) is 0 Å². The standard InChI is InChI=1S/C25H29NO5/c1-17(20-11-10-19-6-4-5-7-21(19)15-20)26-24(27)16-31-25(28)13-9-18-8-12-22(29-2)23(14-18)30-3/h8-15,17H,4-7,16H2,1-3H3,(H,26,27)/b13-9+/t17-/m0/s1. The van der Waals surface area contributed by atoms with Gasteiger partial charge in [0.15, 0.2) is 18.1 Å². The number of benzene rings is 2. The molecule has 1 aliphatic rings. The highest BCUT2D eigenvalue weighted by Gasteiger charge is 2.15. The third-order valence-corrected chi connectivity index (χ3v) is 5.42. The Morgan fingerprint density at radius 1 is 1.00 bits per heavy atom. The molecule has 0 saturated carbocycles. The van der Waals surface area contributed by atoms with E-state index in [0.29, 0.717) is 11.5 Å². The number of amides is 1. The Hall–Kier alpha value is -3.28. The molecule has 6 nitrogen and oxygen atoms in total. The highest BCUT2D eigenvalue weighted by atomic mass is 16.5. The number of hydrogen-bond donors (Lipinski definition) is 1. The lowest BCUT2D eigenvalue weighted by molar-refractivity contribution is -0.144. The van der Waals surface area contributed by atoms with E-state index in [2.05, 4.69) is 23.5 Å². The average Bonchev–Trinajstić information content (AvgIpc) is 2.80. The molecule has 1 atom stereocenters. The Morgan fingerprint density at radius 3 is 2.48 bits per heavy atom.